The van der Waals surface area contributed by atoms with Crippen LogP contribution in [0.5, 0.6) is 11.5 Å². The summed E-state index contributed by atoms with van der Waals surface area (Å²) < 4.78 is 20.6. The minimum atomic E-state index is -0.448. The van der Waals surface area contributed by atoms with Gasteiger partial charge >= 0.3 is 0 Å². The lowest BCUT2D eigenvalue weighted by Crippen LogP contribution is -2.44. The maximum atomic E-state index is 13.1. The van der Waals surface area contributed by atoms with Gasteiger partial charge in [-0.2, -0.15) is 0 Å². The Morgan fingerprint density at radius 3 is 2.83 bits per heavy atom. The van der Waals surface area contributed by atoms with Crippen molar-refractivity contribution in [3.8, 4) is 11.5 Å². The van der Waals surface area contributed by atoms with Gasteiger partial charge in [0.25, 0.3) is 5.91 Å². The Morgan fingerprint density at radius 1 is 1.19 bits per heavy atom. The first-order valence-electron chi connectivity index (χ1n) is 11.5. The molecule has 4 bridgehead atoms. The Balaban J connectivity index is 1.37. The second-order valence-electron chi connectivity index (χ2n) is 8.62. The van der Waals surface area contributed by atoms with E-state index in [1.54, 1.807) is 50.9 Å². The van der Waals surface area contributed by atoms with Gasteiger partial charge in [-0.05, 0) is 18.2 Å². The highest BCUT2D eigenvalue weighted by Gasteiger charge is 2.37. The van der Waals surface area contributed by atoms with E-state index in [2.05, 4.69) is 15.6 Å². The molecule has 0 spiro atoms. The Hall–Kier alpha value is -4.19. The van der Waals surface area contributed by atoms with E-state index in [9.17, 15) is 14.4 Å². The molecule has 12 heteroatoms. The van der Waals surface area contributed by atoms with Crippen molar-refractivity contribution in [2.45, 2.75) is 31.8 Å². The first kappa shape index (κ1) is 23.5. The van der Waals surface area contributed by atoms with Gasteiger partial charge in [-0.15, -0.1) is 5.10 Å². The van der Waals surface area contributed by atoms with Gasteiger partial charge in [0.1, 0.15) is 18.8 Å². The Labute approximate surface area is 206 Å². The van der Waals surface area contributed by atoms with Crippen LogP contribution in [0.3, 0.4) is 0 Å². The van der Waals surface area contributed by atoms with Gasteiger partial charge < -0.3 is 29.0 Å². The molecule has 0 radical (unpaired) electrons. The lowest BCUT2D eigenvalue weighted by molar-refractivity contribution is -0.131. The number of nitrogens with zero attached hydrogens (tertiary/aromatic N) is 5. The second kappa shape index (κ2) is 10.2. The molecule has 1 aromatic carbocycles. The lowest BCUT2D eigenvalue weighted by atomic mass is 10.1. The van der Waals surface area contributed by atoms with Gasteiger partial charge in [0.05, 0.1) is 38.6 Å². The molecule has 2 atom stereocenters. The first-order valence-corrected chi connectivity index (χ1v) is 11.5. The number of rotatable bonds is 3. The number of pyridine rings is 1. The van der Waals surface area contributed by atoms with Gasteiger partial charge in [-0.1, -0.05) is 5.21 Å². The highest BCUT2D eigenvalue weighted by Crippen LogP contribution is 2.28. The minimum Gasteiger partial charge on any atom is -0.493 e. The van der Waals surface area contributed by atoms with Crippen molar-refractivity contribution >= 4 is 11.8 Å². The fourth-order valence-electron chi connectivity index (χ4n) is 4.23. The van der Waals surface area contributed by atoms with Crippen LogP contribution in [0.25, 0.3) is 0 Å². The third-order valence-corrected chi connectivity index (χ3v) is 6.15. The number of carbonyl (C=O) groups excluding carboxylic acids is 2. The van der Waals surface area contributed by atoms with Crippen LogP contribution in [0.15, 0.2) is 53.7 Å². The molecular weight excluding hydrogens is 468 g/mol. The SMILES string of the molecule is COc1ccc2cc1OCCn1cc(nn1)CO[C@H]1CN(C(=O)Cn3ccc(=O)cc3)C[C@@H]1NC2=O. The summed E-state index contributed by atoms with van der Waals surface area (Å²) in [6, 6.07) is 7.33. The molecule has 1 fully saturated rings. The van der Waals surface area contributed by atoms with Crippen LogP contribution < -0.4 is 20.2 Å². The Morgan fingerprint density at radius 2 is 2.03 bits per heavy atom. The lowest BCUT2D eigenvalue weighted by Gasteiger charge is -2.20. The number of amides is 2. The molecule has 12 nitrogen and oxygen atoms in total. The standard InChI is InChI=1S/C24H26N6O6/c1-34-20-3-2-16-10-21(20)35-9-8-30-11-17(26-27-30)15-36-22-13-29(12-19(22)25-24(16)33)23(32)14-28-6-4-18(31)5-7-28/h2-7,10-11,19,22H,8-9,12-15H2,1H3,(H,25,33)/t19-,22-/m0/s1. The van der Waals surface area contributed by atoms with E-state index < -0.39 is 12.1 Å². The van der Waals surface area contributed by atoms with Crippen LogP contribution in [0.1, 0.15) is 16.1 Å². The van der Waals surface area contributed by atoms with Crippen molar-refractivity contribution in [3.05, 3.63) is 70.4 Å². The average Bonchev–Trinajstić information content (AvgIpc) is 3.50. The maximum absolute atomic E-state index is 13.1. The van der Waals surface area contributed by atoms with Gasteiger partial charge in [0, 0.05) is 43.2 Å². The number of nitrogens with one attached hydrogen (secondary N) is 1. The third-order valence-electron chi connectivity index (χ3n) is 6.15. The number of carbonyl (C=O) groups is 2. The average molecular weight is 495 g/mol. The maximum Gasteiger partial charge on any atom is 0.251 e. The number of benzene rings is 1. The Kier molecular flexibility index (Phi) is 6.67. The summed E-state index contributed by atoms with van der Waals surface area (Å²) in [7, 11) is 1.54. The van der Waals surface area contributed by atoms with Gasteiger partial charge in [-0.3, -0.25) is 14.4 Å². The molecule has 3 aromatic rings. The fraction of sp³-hybridized carbons (Fsp3) is 0.375. The first-order chi connectivity index (χ1) is 17.5. The summed E-state index contributed by atoms with van der Waals surface area (Å²) in [5.41, 5.74) is 0.908. The minimum absolute atomic E-state index is 0.0706. The van der Waals surface area contributed by atoms with Gasteiger partial charge in [0.2, 0.25) is 5.91 Å². The third kappa shape index (κ3) is 5.23. The van der Waals surface area contributed by atoms with Crippen LogP contribution in [-0.4, -0.2) is 75.2 Å². The van der Waals surface area contributed by atoms with Crippen LogP contribution in [0.4, 0.5) is 0 Å². The monoisotopic (exact) mass is 494 g/mol. The molecule has 2 aliphatic heterocycles. The largest absolute Gasteiger partial charge is 0.493 e. The van der Waals surface area contributed by atoms with Crippen molar-refractivity contribution in [3.63, 3.8) is 0 Å². The molecule has 188 valence electrons. The zero-order valence-electron chi connectivity index (χ0n) is 19.7. The van der Waals surface area contributed by atoms with Crippen LogP contribution in [0.2, 0.25) is 0 Å². The number of ether oxygens (including phenoxy) is 3. The zero-order valence-corrected chi connectivity index (χ0v) is 19.7. The molecule has 36 heavy (non-hydrogen) atoms. The van der Waals surface area contributed by atoms with E-state index >= 15 is 0 Å². The van der Waals surface area contributed by atoms with Crippen LogP contribution >= 0.6 is 0 Å². The highest BCUT2D eigenvalue weighted by atomic mass is 16.5. The quantitative estimate of drug-likeness (QED) is 0.541. The molecule has 0 saturated carbocycles. The summed E-state index contributed by atoms with van der Waals surface area (Å²) >= 11 is 0. The Bertz CT molecular complexity index is 1300. The number of fused-ring (bicyclic) bond motifs is 5. The van der Waals surface area contributed by atoms with Crippen molar-refractivity contribution in [1.82, 2.24) is 29.8 Å². The van der Waals surface area contributed by atoms with E-state index in [0.717, 1.165) is 0 Å². The summed E-state index contributed by atoms with van der Waals surface area (Å²) in [4.78, 5) is 39.1. The van der Waals surface area contributed by atoms with E-state index in [4.69, 9.17) is 14.2 Å². The molecule has 1 N–H and O–H groups in total. The second-order valence-corrected chi connectivity index (χ2v) is 8.62. The number of aromatic nitrogens is 4. The predicted octanol–water partition coefficient (Wildman–Crippen LogP) is 0.0670. The summed E-state index contributed by atoms with van der Waals surface area (Å²) in [5.74, 6) is 0.494. The number of hydrogen-bond acceptors (Lipinski definition) is 8. The highest BCUT2D eigenvalue weighted by molar-refractivity contribution is 5.95. The topological polar surface area (TPSA) is 130 Å². The number of methoxy groups -OCH3 is 1. The molecule has 2 aromatic heterocycles. The smallest absolute Gasteiger partial charge is 0.251 e. The normalized spacial score (nSPS) is 19.9. The molecule has 4 heterocycles. The molecule has 1 saturated heterocycles. The number of hydrogen-bond donors (Lipinski definition) is 1. The summed E-state index contributed by atoms with van der Waals surface area (Å²) in [6.45, 7) is 1.59. The van der Waals surface area contributed by atoms with Gasteiger partial charge in [0.15, 0.2) is 16.9 Å². The molecule has 2 amide bonds. The predicted molar refractivity (Wildman–Crippen MR) is 126 cm³/mol. The fourth-order valence-corrected chi connectivity index (χ4v) is 4.23. The van der Waals surface area contributed by atoms with Crippen LogP contribution in [0, 0.1) is 0 Å². The molecule has 2 aliphatic rings. The van der Waals surface area contributed by atoms with E-state index in [0.29, 0.717) is 42.5 Å². The van der Waals surface area contributed by atoms with Crippen molar-refractivity contribution in [2.24, 2.45) is 0 Å². The van der Waals surface area contributed by atoms with E-state index in [-0.39, 0.29) is 36.9 Å². The van der Waals surface area contributed by atoms with Crippen molar-refractivity contribution in [2.75, 3.05) is 26.8 Å². The molecule has 0 unspecified atom stereocenters. The van der Waals surface area contributed by atoms with Crippen molar-refractivity contribution in [1.29, 1.82) is 0 Å². The van der Waals surface area contributed by atoms with E-state index in [1.807, 2.05) is 0 Å². The van der Waals surface area contributed by atoms with Crippen LogP contribution in [-0.2, 0) is 29.2 Å². The zero-order chi connectivity index (χ0) is 25.1. The van der Waals surface area contributed by atoms with E-state index in [1.165, 1.54) is 19.2 Å². The summed E-state index contributed by atoms with van der Waals surface area (Å²) in [6.07, 6.45) is 4.47. The van der Waals surface area contributed by atoms with Crippen molar-refractivity contribution < 1.29 is 23.8 Å². The number of likely N-dealkylation sites (tertiary alicyclic amines) is 1. The van der Waals surface area contributed by atoms with Gasteiger partial charge in [-0.25, -0.2) is 4.68 Å². The molecule has 5 rings (SSSR count). The molecule has 0 aliphatic carbocycles. The summed E-state index contributed by atoms with van der Waals surface area (Å²) in [5, 5.41) is 11.3. The molecular formula is C24H26N6O6.